The topological polar surface area (TPSA) is 41.1 Å². The lowest BCUT2D eigenvalue weighted by Gasteiger charge is -2.24. The molecule has 0 aromatic carbocycles. The van der Waals surface area contributed by atoms with Gasteiger partial charge in [-0.3, -0.25) is 10.1 Å². The van der Waals surface area contributed by atoms with Crippen LogP contribution in [0.15, 0.2) is 0 Å². The number of hydrogen-bond acceptors (Lipinski definition) is 3. The minimum Gasteiger partial charge on any atom is -0.354 e. The van der Waals surface area contributed by atoms with Crippen LogP contribution in [-0.2, 0) is 4.79 Å². The summed E-state index contributed by atoms with van der Waals surface area (Å²) in [4.78, 5) is 11.8. The maximum absolute atomic E-state index is 11.8. The molecular weight excluding hydrogens is 208 g/mol. The Hall–Kier alpha value is -0.220. The summed E-state index contributed by atoms with van der Waals surface area (Å²) < 4.78 is 0. The van der Waals surface area contributed by atoms with Gasteiger partial charge in [-0.15, -0.1) is 11.8 Å². The predicted molar refractivity (Wildman–Crippen MR) is 63.8 cm³/mol. The second-order valence-electron chi connectivity index (χ2n) is 5.01. The van der Waals surface area contributed by atoms with E-state index in [2.05, 4.69) is 17.6 Å². The predicted octanol–water partition coefficient (Wildman–Crippen LogP) is 1.35. The highest BCUT2D eigenvalue weighted by Crippen LogP contribution is 2.36. The normalized spacial score (nSPS) is 29.3. The SMILES string of the molecule is CC1(CNC(=O)[C@H]2CSCN2)CCCC1. The van der Waals surface area contributed by atoms with E-state index < -0.39 is 0 Å². The van der Waals surface area contributed by atoms with Crippen molar-refractivity contribution in [3.8, 4) is 0 Å². The Morgan fingerprint density at radius 1 is 1.53 bits per heavy atom. The molecule has 0 aromatic heterocycles. The van der Waals surface area contributed by atoms with Crippen LogP contribution in [0, 0.1) is 5.41 Å². The van der Waals surface area contributed by atoms with Gasteiger partial charge in [-0.2, -0.15) is 0 Å². The van der Waals surface area contributed by atoms with Gasteiger partial charge < -0.3 is 5.32 Å². The molecule has 0 spiro atoms. The van der Waals surface area contributed by atoms with E-state index in [-0.39, 0.29) is 11.9 Å². The second kappa shape index (κ2) is 4.74. The molecule has 1 aliphatic carbocycles. The summed E-state index contributed by atoms with van der Waals surface area (Å²) in [6.07, 6.45) is 5.17. The van der Waals surface area contributed by atoms with E-state index in [1.165, 1.54) is 25.7 Å². The summed E-state index contributed by atoms with van der Waals surface area (Å²) in [6.45, 7) is 3.14. The zero-order valence-corrected chi connectivity index (χ0v) is 10.2. The van der Waals surface area contributed by atoms with Crippen molar-refractivity contribution in [1.82, 2.24) is 10.6 Å². The average Bonchev–Trinajstić information content (AvgIpc) is 2.85. The molecule has 0 bridgehead atoms. The van der Waals surface area contributed by atoms with Gasteiger partial charge in [0.2, 0.25) is 5.91 Å². The van der Waals surface area contributed by atoms with E-state index in [1.54, 1.807) is 11.8 Å². The minimum atomic E-state index is 0.0417. The molecule has 1 amide bonds. The third-order valence-corrected chi connectivity index (χ3v) is 4.47. The summed E-state index contributed by atoms with van der Waals surface area (Å²) in [5.74, 6) is 2.02. The van der Waals surface area contributed by atoms with Gasteiger partial charge >= 0.3 is 0 Å². The first kappa shape index (κ1) is 11.3. The van der Waals surface area contributed by atoms with Gasteiger partial charge in [0.15, 0.2) is 0 Å². The van der Waals surface area contributed by atoms with Gasteiger partial charge in [0, 0.05) is 18.2 Å². The van der Waals surface area contributed by atoms with Crippen molar-refractivity contribution in [2.75, 3.05) is 18.2 Å². The van der Waals surface area contributed by atoms with Crippen molar-refractivity contribution in [2.24, 2.45) is 5.41 Å². The summed E-state index contributed by atoms with van der Waals surface area (Å²) in [7, 11) is 0. The second-order valence-corrected chi connectivity index (χ2v) is 6.04. The van der Waals surface area contributed by atoms with Gasteiger partial charge in [-0.1, -0.05) is 19.8 Å². The van der Waals surface area contributed by atoms with Crippen LogP contribution in [0.4, 0.5) is 0 Å². The van der Waals surface area contributed by atoms with Gasteiger partial charge in [-0.05, 0) is 18.3 Å². The van der Waals surface area contributed by atoms with Crippen molar-refractivity contribution >= 4 is 17.7 Å². The Kier molecular flexibility index (Phi) is 3.57. The zero-order valence-electron chi connectivity index (χ0n) is 9.34. The Bertz CT molecular complexity index is 233. The number of hydrogen-bond donors (Lipinski definition) is 2. The van der Waals surface area contributed by atoms with Crippen molar-refractivity contribution in [3.63, 3.8) is 0 Å². The first-order valence-electron chi connectivity index (χ1n) is 5.78. The number of thioether (sulfide) groups is 1. The number of carbonyl (C=O) groups is 1. The van der Waals surface area contributed by atoms with E-state index in [0.717, 1.165) is 18.2 Å². The van der Waals surface area contributed by atoms with Gasteiger partial charge in [0.05, 0.1) is 6.04 Å². The Balaban J connectivity index is 1.74. The van der Waals surface area contributed by atoms with Crippen LogP contribution in [0.2, 0.25) is 0 Å². The molecule has 4 heteroatoms. The minimum absolute atomic E-state index is 0.0417. The lowest BCUT2D eigenvalue weighted by atomic mass is 9.89. The fraction of sp³-hybridized carbons (Fsp3) is 0.909. The molecule has 3 nitrogen and oxygen atoms in total. The molecule has 2 aliphatic rings. The van der Waals surface area contributed by atoms with Crippen molar-refractivity contribution in [1.29, 1.82) is 0 Å². The van der Waals surface area contributed by atoms with Crippen LogP contribution in [0.1, 0.15) is 32.6 Å². The van der Waals surface area contributed by atoms with Crippen LogP contribution >= 0.6 is 11.8 Å². The van der Waals surface area contributed by atoms with Gasteiger partial charge in [0.25, 0.3) is 0 Å². The highest BCUT2D eigenvalue weighted by atomic mass is 32.2. The van der Waals surface area contributed by atoms with Crippen molar-refractivity contribution < 1.29 is 4.79 Å². The molecule has 1 aliphatic heterocycles. The number of carbonyl (C=O) groups excluding carboxylic acids is 1. The third-order valence-electron chi connectivity index (χ3n) is 3.53. The quantitative estimate of drug-likeness (QED) is 0.766. The van der Waals surface area contributed by atoms with E-state index >= 15 is 0 Å². The first-order chi connectivity index (χ1) is 7.20. The van der Waals surface area contributed by atoms with Crippen LogP contribution in [0.25, 0.3) is 0 Å². The molecule has 86 valence electrons. The number of rotatable bonds is 3. The molecule has 1 saturated heterocycles. The molecule has 0 unspecified atom stereocenters. The molecule has 1 heterocycles. The Morgan fingerprint density at radius 3 is 2.87 bits per heavy atom. The van der Waals surface area contributed by atoms with Crippen molar-refractivity contribution in [3.05, 3.63) is 0 Å². The van der Waals surface area contributed by atoms with Crippen LogP contribution < -0.4 is 10.6 Å². The zero-order chi connectivity index (χ0) is 10.7. The molecule has 0 aromatic rings. The summed E-state index contributed by atoms with van der Waals surface area (Å²) in [5, 5.41) is 6.29. The lowest BCUT2D eigenvalue weighted by molar-refractivity contribution is -0.122. The molecule has 2 fully saturated rings. The number of nitrogens with one attached hydrogen (secondary N) is 2. The molecule has 2 rings (SSSR count). The van der Waals surface area contributed by atoms with Crippen LogP contribution in [0.5, 0.6) is 0 Å². The van der Waals surface area contributed by atoms with Gasteiger partial charge in [0.1, 0.15) is 0 Å². The molecule has 1 saturated carbocycles. The maximum atomic E-state index is 11.8. The molecule has 2 N–H and O–H groups in total. The fourth-order valence-electron chi connectivity index (χ4n) is 2.39. The fourth-order valence-corrected chi connectivity index (χ4v) is 3.33. The molecule has 0 radical (unpaired) electrons. The summed E-state index contributed by atoms with van der Waals surface area (Å²) in [6, 6.07) is 0.0417. The molecular formula is C11H20N2OS. The molecule has 15 heavy (non-hydrogen) atoms. The standard InChI is InChI=1S/C11H20N2OS/c1-11(4-2-3-5-11)7-12-10(14)9-6-15-8-13-9/h9,13H,2-8H2,1H3,(H,12,14)/t9-/m1/s1. The Morgan fingerprint density at radius 2 is 2.27 bits per heavy atom. The summed E-state index contributed by atoms with van der Waals surface area (Å²) >= 11 is 1.80. The average molecular weight is 228 g/mol. The van der Waals surface area contributed by atoms with Crippen LogP contribution in [0.3, 0.4) is 0 Å². The smallest absolute Gasteiger partial charge is 0.238 e. The van der Waals surface area contributed by atoms with Crippen LogP contribution in [-0.4, -0.2) is 30.1 Å². The molecule has 1 atom stereocenters. The largest absolute Gasteiger partial charge is 0.354 e. The number of amides is 1. The Labute approximate surface area is 95.8 Å². The first-order valence-corrected chi connectivity index (χ1v) is 6.94. The third kappa shape index (κ3) is 2.88. The highest BCUT2D eigenvalue weighted by molar-refractivity contribution is 7.99. The lowest BCUT2D eigenvalue weighted by Crippen LogP contribution is -2.45. The maximum Gasteiger partial charge on any atom is 0.238 e. The summed E-state index contributed by atoms with van der Waals surface area (Å²) in [5.41, 5.74) is 0.363. The van der Waals surface area contributed by atoms with E-state index in [1.807, 2.05) is 0 Å². The van der Waals surface area contributed by atoms with E-state index in [0.29, 0.717) is 5.41 Å². The van der Waals surface area contributed by atoms with E-state index in [9.17, 15) is 4.79 Å². The monoisotopic (exact) mass is 228 g/mol. The van der Waals surface area contributed by atoms with Crippen molar-refractivity contribution in [2.45, 2.75) is 38.6 Å². The van der Waals surface area contributed by atoms with E-state index in [4.69, 9.17) is 0 Å². The van der Waals surface area contributed by atoms with Gasteiger partial charge in [-0.25, -0.2) is 0 Å². The highest BCUT2D eigenvalue weighted by Gasteiger charge is 2.30.